The van der Waals surface area contributed by atoms with Gasteiger partial charge in [0.2, 0.25) is 5.91 Å². The molecule has 0 bridgehead atoms. The van der Waals surface area contributed by atoms with E-state index in [9.17, 15) is 26.4 Å². The Morgan fingerprint density at radius 2 is 1.67 bits per heavy atom. The summed E-state index contributed by atoms with van der Waals surface area (Å²) in [7, 11) is -5.55. The van der Waals surface area contributed by atoms with E-state index in [0.717, 1.165) is 18.4 Å². The lowest BCUT2D eigenvalue weighted by Crippen LogP contribution is -2.33. The molecule has 0 saturated carbocycles. The highest BCUT2D eigenvalue weighted by atomic mass is 32.2. The van der Waals surface area contributed by atoms with E-state index in [4.69, 9.17) is 0 Å². The molecular weight excluding hydrogens is 417 g/mol. The molecule has 5 nitrogen and oxygen atoms in total. The average molecular weight is 438 g/mol. The van der Waals surface area contributed by atoms with Crippen LogP contribution in [0.5, 0.6) is 0 Å². The predicted octanol–water partition coefficient (Wildman–Crippen LogP) is 4.54. The molecule has 1 aliphatic rings. The van der Waals surface area contributed by atoms with Crippen LogP contribution in [0.25, 0.3) is 6.08 Å². The van der Waals surface area contributed by atoms with Crippen molar-refractivity contribution < 1.29 is 26.4 Å². The Balaban J connectivity index is 1.85. The van der Waals surface area contributed by atoms with Gasteiger partial charge in [0, 0.05) is 18.7 Å². The van der Waals surface area contributed by atoms with Gasteiger partial charge in [0.25, 0.3) is 0 Å². The third-order valence-electron chi connectivity index (χ3n) is 4.75. The topological polar surface area (TPSA) is 66.5 Å². The van der Waals surface area contributed by atoms with Crippen LogP contribution in [0.4, 0.5) is 18.9 Å². The highest BCUT2D eigenvalue weighted by Crippen LogP contribution is 2.28. The average Bonchev–Trinajstić information content (AvgIpc) is 2.85. The number of nitrogens with zero attached hydrogens (tertiary/aromatic N) is 1. The summed E-state index contributed by atoms with van der Waals surface area (Å²) in [5.41, 5.74) is -3.82. The minimum atomic E-state index is -5.55. The zero-order valence-electron chi connectivity index (χ0n) is 16.0. The predicted molar refractivity (Wildman–Crippen MR) is 109 cm³/mol. The van der Waals surface area contributed by atoms with Crippen LogP contribution in [0.2, 0.25) is 0 Å². The molecule has 2 aromatic rings. The standard InChI is InChI=1S/C21H21F3N2O3S/c22-21(23,24)30(28,29)25-19-12-5-4-11-18(19)15-26-13-7-6-10-17(20(26)27)14-16-8-2-1-3-9-16/h1-5,8-9,11-12,14,25H,6-7,10,13,15H2/b17-14+. The van der Waals surface area contributed by atoms with Crippen LogP contribution in [-0.2, 0) is 21.4 Å². The molecule has 0 radical (unpaired) electrons. The number of benzene rings is 2. The van der Waals surface area contributed by atoms with Gasteiger partial charge in [0.1, 0.15) is 0 Å². The number of anilines is 1. The maximum absolute atomic E-state index is 13.0. The first kappa shape index (κ1) is 21.9. The molecule has 3 rings (SSSR count). The Kier molecular flexibility index (Phi) is 6.50. The number of nitrogens with one attached hydrogen (secondary N) is 1. The van der Waals surface area contributed by atoms with Crippen molar-refractivity contribution in [1.82, 2.24) is 4.90 Å². The van der Waals surface area contributed by atoms with Gasteiger partial charge in [-0.2, -0.15) is 21.6 Å². The number of carbonyl (C=O) groups is 1. The van der Waals surface area contributed by atoms with E-state index < -0.39 is 15.5 Å². The van der Waals surface area contributed by atoms with Crippen molar-refractivity contribution in [3.8, 4) is 0 Å². The third kappa shape index (κ3) is 5.21. The first-order valence-corrected chi connectivity index (χ1v) is 10.9. The minimum Gasteiger partial charge on any atom is -0.335 e. The number of amides is 1. The highest BCUT2D eigenvalue weighted by molar-refractivity contribution is 7.93. The zero-order valence-corrected chi connectivity index (χ0v) is 16.8. The largest absolute Gasteiger partial charge is 0.516 e. The summed E-state index contributed by atoms with van der Waals surface area (Å²) in [4.78, 5) is 14.6. The molecule has 0 spiro atoms. The van der Waals surface area contributed by atoms with Crippen LogP contribution in [0, 0.1) is 0 Å². The molecule has 9 heteroatoms. The Labute approximate surface area is 173 Å². The van der Waals surface area contributed by atoms with Crippen molar-refractivity contribution in [2.75, 3.05) is 11.3 Å². The van der Waals surface area contributed by atoms with Gasteiger partial charge in [-0.15, -0.1) is 0 Å². The fourth-order valence-electron chi connectivity index (χ4n) is 3.23. The minimum absolute atomic E-state index is 0.00150. The first-order valence-electron chi connectivity index (χ1n) is 9.39. The molecule has 1 N–H and O–H groups in total. The smallest absolute Gasteiger partial charge is 0.335 e. The fraction of sp³-hybridized carbons (Fsp3) is 0.286. The van der Waals surface area contributed by atoms with Crippen molar-refractivity contribution in [3.05, 3.63) is 71.3 Å². The van der Waals surface area contributed by atoms with Crippen LogP contribution < -0.4 is 4.72 Å². The molecule has 1 saturated heterocycles. The summed E-state index contributed by atoms with van der Waals surface area (Å²) >= 11 is 0. The van der Waals surface area contributed by atoms with E-state index in [-0.39, 0.29) is 18.1 Å². The van der Waals surface area contributed by atoms with Gasteiger partial charge in [0.15, 0.2) is 0 Å². The van der Waals surface area contributed by atoms with Gasteiger partial charge in [-0.3, -0.25) is 9.52 Å². The van der Waals surface area contributed by atoms with Crippen molar-refractivity contribution in [1.29, 1.82) is 0 Å². The second-order valence-electron chi connectivity index (χ2n) is 6.97. The normalized spacial score (nSPS) is 17.1. The molecule has 0 unspecified atom stereocenters. The van der Waals surface area contributed by atoms with Gasteiger partial charge in [-0.25, -0.2) is 0 Å². The number of hydrogen-bond donors (Lipinski definition) is 1. The lowest BCUT2D eigenvalue weighted by Gasteiger charge is -2.23. The van der Waals surface area contributed by atoms with Crippen LogP contribution in [-0.4, -0.2) is 31.3 Å². The highest BCUT2D eigenvalue weighted by Gasteiger charge is 2.46. The second kappa shape index (κ2) is 8.91. The number of halogens is 3. The van der Waals surface area contributed by atoms with Crippen LogP contribution >= 0.6 is 0 Å². The molecule has 1 fully saturated rings. The fourth-order valence-corrected chi connectivity index (χ4v) is 3.84. The van der Waals surface area contributed by atoms with Gasteiger partial charge in [-0.1, -0.05) is 48.5 Å². The molecule has 30 heavy (non-hydrogen) atoms. The van der Waals surface area contributed by atoms with Gasteiger partial charge in [-0.05, 0) is 42.5 Å². The third-order valence-corrected chi connectivity index (χ3v) is 5.85. The van der Waals surface area contributed by atoms with Crippen LogP contribution in [0.15, 0.2) is 60.2 Å². The monoisotopic (exact) mass is 438 g/mol. The maximum atomic E-state index is 13.0. The molecule has 1 amide bonds. The Morgan fingerprint density at radius 3 is 2.37 bits per heavy atom. The number of carbonyl (C=O) groups excluding carboxylic acids is 1. The number of rotatable bonds is 5. The molecule has 160 valence electrons. The van der Waals surface area contributed by atoms with E-state index >= 15 is 0 Å². The van der Waals surface area contributed by atoms with E-state index in [1.54, 1.807) is 15.7 Å². The lowest BCUT2D eigenvalue weighted by atomic mass is 10.1. The summed E-state index contributed by atoms with van der Waals surface area (Å²) in [5, 5.41) is 0. The van der Waals surface area contributed by atoms with E-state index in [1.165, 1.54) is 18.2 Å². The number of sulfonamides is 1. The molecular formula is C21H21F3N2O3S. The number of hydrogen-bond acceptors (Lipinski definition) is 3. The van der Waals surface area contributed by atoms with Gasteiger partial charge >= 0.3 is 15.5 Å². The second-order valence-corrected chi connectivity index (χ2v) is 8.65. The Hall–Kier alpha value is -2.81. The molecule has 0 aliphatic carbocycles. The summed E-state index contributed by atoms with van der Waals surface area (Å²) in [6, 6.07) is 15.2. The molecule has 1 heterocycles. The van der Waals surface area contributed by atoms with E-state index in [2.05, 4.69) is 0 Å². The summed E-state index contributed by atoms with van der Waals surface area (Å²) in [5.74, 6) is -0.204. The Bertz CT molecular complexity index is 1030. The van der Waals surface area contributed by atoms with E-state index in [0.29, 0.717) is 24.1 Å². The quantitative estimate of drug-likeness (QED) is 0.697. The maximum Gasteiger partial charge on any atom is 0.516 e. The van der Waals surface area contributed by atoms with Crippen molar-refractivity contribution in [2.45, 2.75) is 31.3 Å². The summed E-state index contributed by atoms with van der Waals surface area (Å²) in [6.07, 6.45) is 3.98. The number of alkyl halides is 3. The van der Waals surface area contributed by atoms with Crippen molar-refractivity contribution in [2.24, 2.45) is 0 Å². The molecule has 2 aromatic carbocycles. The SMILES string of the molecule is O=C1/C(=C/c2ccccc2)CCCCN1Cc1ccccc1NS(=O)(=O)C(F)(F)F. The first-order chi connectivity index (χ1) is 14.2. The molecule has 0 atom stereocenters. The molecule has 1 aliphatic heterocycles. The zero-order chi connectivity index (χ0) is 21.8. The molecule has 0 aromatic heterocycles. The van der Waals surface area contributed by atoms with E-state index in [1.807, 2.05) is 36.4 Å². The number of likely N-dealkylation sites (tertiary alicyclic amines) is 1. The lowest BCUT2D eigenvalue weighted by molar-refractivity contribution is -0.127. The van der Waals surface area contributed by atoms with Crippen molar-refractivity contribution >= 4 is 27.7 Å². The van der Waals surface area contributed by atoms with Crippen molar-refractivity contribution in [3.63, 3.8) is 0 Å². The number of para-hydroxylation sites is 1. The Morgan fingerprint density at radius 1 is 1.00 bits per heavy atom. The van der Waals surface area contributed by atoms with Gasteiger partial charge in [0.05, 0.1) is 5.69 Å². The van der Waals surface area contributed by atoms with Gasteiger partial charge < -0.3 is 4.90 Å². The summed E-state index contributed by atoms with van der Waals surface area (Å²) < 4.78 is 62.9. The van der Waals surface area contributed by atoms with Crippen LogP contribution in [0.3, 0.4) is 0 Å². The summed E-state index contributed by atoms with van der Waals surface area (Å²) in [6.45, 7) is 0.437. The van der Waals surface area contributed by atoms with Crippen LogP contribution in [0.1, 0.15) is 30.4 Å².